The maximum Gasteiger partial charge on any atom is 0.352 e. The minimum absolute atomic E-state index is 0.0380. The van der Waals surface area contributed by atoms with Crippen LogP contribution in [-0.2, 0) is 20.8 Å². The Morgan fingerprint density at radius 2 is 1.90 bits per heavy atom. The van der Waals surface area contributed by atoms with Crippen LogP contribution >= 0.6 is 47.1 Å². The van der Waals surface area contributed by atoms with E-state index in [2.05, 4.69) is 10.6 Å². The molecule has 0 spiro atoms. The van der Waals surface area contributed by atoms with Crippen molar-refractivity contribution in [3.05, 3.63) is 73.6 Å². The van der Waals surface area contributed by atoms with Gasteiger partial charge in [-0.1, -0.05) is 30.0 Å². The van der Waals surface area contributed by atoms with Gasteiger partial charge >= 0.3 is 11.9 Å². The summed E-state index contributed by atoms with van der Waals surface area (Å²) in [7, 11) is 0. The van der Waals surface area contributed by atoms with Crippen molar-refractivity contribution >= 4 is 91.7 Å². The van der Waals surface area contributed by atoms with E-state index in [1.165, 1.54) is 46.0 Å². The molecule has 4 aliphatic rings. The molecule has 2 saturated heterocycles. The number of hydrogen-bond donors (Lipinski definition) is 4. The average Bonchev–Trinajstić information content (AvgIpc) is 3.58. The number of benzene rings is 1. The Morgan fingerprint density at radius 1 is 1.10 bits per heavy atom. The van der Waals surface area contributed by atoms with Gasteiger partial charge in [0, 0.05) is 53.1 Å². The number of rotatable bonds is 10. The summed E-state index contributed by atoms with van der Waals surface area (Å²) in [6.07, 6.45) is 3.85. The zero-order valence-electron chi connectivity index (χ0n) is 25.7. The number of anilines is 1. The molecule has 3 aliphatic heterocycles. The maximum atomic E-state index is 15.4. The van der Waals surface area contributed by atoms with E-state index in [0.717, 1.165) is 23.8 Å². The second kappa shape index (κ2) is 13.4. The molecule has 0 bridgehead atoms. The summed E-state index contributed by atoms with van der Waals surface area (Å²) in [5.41, 5.74) is 0.203. The van der Waals surface area contributed by atoms with E-state index in [4.69, 9.17) is 12.2 Å². The highest BCUT2D eigenvalue weighted by molar-refractivity contribution is 8.23. The first-order chi connectivity index (χ1) is 23.5. The molecule has 4 N–H and O–H groups in total. The second-order valence-corrected chi connectivity index (χ2v) is 16.0. The number of thioether (sulfide) groups is 2. The Kier molecular flexibility index (Phi) is 9.19. The van der Waals surface area contributed by atoms with Gasteiger partial charge in [-0.2, -0.15) is 0 Å². The zero-order chi connectivity index (χ0) is 34.6. The van der Waals surface area contributed by atoms with Crippen LogP contribution in [0.2, 0.25) is 0 Å². The van der Waals surface area contributed by atoms with Crippen molar-refractivity contribution in [3.8, 4) is 0 Å². The van der Waals surface area contributed by atoms with Gasteiger partial charge in [-0.25, -0.2) is 14.0 Å². The largest absolute Gasteiger partial charge is 0.477 e. The standard InChI is InChI=1S/C32H30FN5O7S4/c33-21-9-19-22(37(17-3-4-17)12-20(27(19)40)30(42)43)10-23(21)36-6-5-16(11-36)34-32(46)49-14-15-13-48-29-25(28(41)38(29)26(15)31(44)45)35-24(39)8-18-2-1-7-47-18/h1-2,7,9-10,12,16-17,25,29H,3-6,8,11,13-14H2,(H,34,46)(H,35,39)(H,42,43)(H,44,45)/t16?,25-,29-/m1/s1. The van der Waals surface area contributed by atoms with E-state index < -0.39 is 40.5 Å². The molecular formula is C32H30FN5O7S4. The Bertz CT molecular complexity index is 2000. The molecule has 5 heterocycles. The number of thiophene rings is 1. The number of thiocarbonyl (C=S) groups is 1. The third-order valence-corrected chi connectivity index (χ3v) is 12.5. The molecular weight excluding hydrogens is 714 g/mol. The number of aromatic carboxylic acids is 1. The van der Waals surface area contributed by atoms with E-state index in [0.29, 0.717) is 46.4 Å². The van der Waals surface area contributed by atoms with Crippen LogP contribution in [0, 0.1) is 5.82 Å². The SMILES string of the molecule is O=C(Cc1cccs1)N[C@@H]1C(=O)N2C(C(=O)O)=C(CSC(=S)NC3CCN(c4cc5c(cc4F)c(=O)c(C(=O)O)cn5C4CC4)C3)CS[C@H]12. The first-order valence-electron chi connectivity index (χ1n) is 15.5. The molecule has 1 unspecified atom stereocenters. The Labute approximate surface area is 296 Å². The van der Waals surface area contributed by atoms with Crippen molar-refractivity contribution in [2.45, 2.75) is 49.2 Å². The van der Waals surface area contributed by atoms with Crippen molar-refractivity contribution < 1.29 is 33.8 Å². The molecule has 3 aromatic rings. The number of halogens is 1. The molecule has 7 rings (SSSR count). The molecule has 1 aliphatic carbocycles. The number of fused-ring (bicyclic) bond motifs is 2. The summed E-state index contributed by atoms with van der Waals surface area (Å²) in [5, 5.41) is 27.0. The lowest BCUT2D eigenvalue weighted by atomic mass is 10.0. The number of amides is 2. The van der Waals surface area contributed by atoms with E-state index in [1.54, 1.807) is 10.6 Å². The van der Waals surface area contributed by atoms with Crippen molar-refractivity contribution in [2.75, 3.05) is 29.5 Å². The van der Waals surface area contributed by atoms with Gasteiger partial charge in [0.25, 0.3) is 5.91 Å². The Balaban J connectivity index is 0.976. The fourth-order valence-corrected chi connectivity index (χ4v) is 9.77. The Hall–Kier alpha value is -3.93. The third-order valence-electron chi connectivity index (χ3n) is 8.98. The number of carboxylic acid groups (broad SMARTS) is 2. The predicted octanol–water partition coefficient (Wildman–Crippen LogP) is 3.40. The van der Waals surface area contributed by atoms with E-state index >= 15 is 4.39 Å². The molecule has 1 aromatic carbocycles. The summed E-state index contributed by atoms with van der Waals surface area (Å²) < 4.78 is 17.6. The number of carboxylic acids is 2. The fraction of sp³-hybridized carbons (Fsp3) is 0.375. The smallest absolute Gasteiger partial charge is 0.352 e. The lowest BCUT2D eigenvalue weighted by Gasteiger charge is -2.49. The molecule has 2 aromatic heterocycles. The molecule has 3 atom stereocenters. The average molecular weight is 744 g/mol. The van der Waals surface area contributed by atoms with E-state index in [-0.39, 0.29) is 46.8 Å². The van der Waals surface area contributed by atoms with Gasteiger partial charge in [0.1, 0.15) is 32.8 Å². The lowest BCUT2D eigenvalue weighted by Crippen LogP contribution is -2.70. The van der Waals surface area contributed by atoms with Gasteiger partial charge in [-0.15, -0.1) is 23.1 Å². The monoisotopic (exact) mass is 743 g/mol. The lowest BCUT2D eigenvalue weighted by molar-refractivity contribution is -0.150. The molecule has 3 fully saturated rings. The van der Waals surface area contributed by atoms with E-state index in [9.17, 15) is 34.2 Å². The van der Waals surface area contributed by atoms with Crippen LogP contribution in [0.25, 0.3) is 10.9 Å². The number of nitrogens with zero attached hydrogens (tertiary/aromatic N) is 3. The van der Waals surface area contributed by atoms with Gasteiger partial charge in [0.05, 0.1) is 17.6 Å². The third kappa shape index (κ3) is 6.56. The van der Waals surface area contributed by atoms with Gasteiger partial charge < -0.3 is 30.3 Å². The highest BCUT2D eigenvalue weighted by atomic mass is 32.2. The van der Waals surface area contributed by atoms with Gasteiger partial charge in [0.15, 0.2) is 0 Å². The number of carbonyl (C=O) groups excluding carboxylic acids is 2. The molecule has 256 valence electrons. The summed E-state index contributed by atoms with van der Waals surface area (Å²) in [6.45, 7) is 0.940. The molecule has 0 radical (unpaired) electrons. The van der Waals surface area contributed by atoms with Crippen LogP contribution in [0.15, 0.2) is 51.9 Å². The second-order valence-electron chi connectivity index (χ2n) is 12.3. The summed E-state index contributed by atoms with van der Waals surface area (Å²) in [6, 6.07) is 5.59. The normalized spacial score (nSPS) is 21.8. The molecule has 12 nitrogen and oxygen atoms in total. The fourth-order valence-electron chi connectivity index (χ4n) is 6.46. The maximum absolute atomic E-state index is 15.4. The van der Waals surface area contributed by atoms with Crippen LogP contribution in [-0.4, -0.2) is 89.8 Å². The minimum atomic E-state index is -1.34. The van der Waals surface area contributed by atoms with Crippen LogP contribution in [0.4, 0.5) is 10.1 Å². The summed E-state index contributed by atoms with van der Waals surface area (Å²) in [5.74, 6) is -3.31. The Morgan fingerprint density at radius 3 is 2.59 bits per heavy atom. The van der Waals surface area contributed by atoms with Crippen molar-refractivity contribution in [2.24, 2.45) is 0 Å². The summed E-state index contributed by atoms with van der Waals surface area (Å²) in [4.78, 5) is 66.3. The molecule has 2 amide bonds. The van der Waals surface area contributed by atoms with Crippen LogP contribution in [0.1, 0.15) is 40.5 Å². The van der Waals surface area contributed by atoms with Crippen molar-refractivity contribution in [1.29, 1.82) is 0 Å². The zero-order valence-corrected chi connectivity index (χ0v) is 29.0. The molecule has 49 heavy (non-hydrogen) atoms. The van der Waals surface area contributed by atoms with Crippen molar-refractivity contribution in [1.82, 2.24) is 20.1 Å². The first-order valence-corrected chi connectivity index (χ1v) is 18.8. The van der Waals surface area contributed by atoms with Gasteiger partial charge in [-0.05, 0) is 48.4 Å². The topological polar surface area (TPSA) is 161 Å². The van der Waals surface area contributed by atoms with Gasteiger partial charge in [0.2, 0.25) is 11.3 Å². The van der Waals surface area contributed by atoms with Crippen LogP contribution in [0.3, 0.4) is 0 Å². The predicted molar refractivity (Wildman–Crippen MR) is 190 cm³/mol. The number of carbonyl (C=O) groups is 4. The van der Waals surface area contributed by atoms with Gasteiger partial charge in [-0.3, -0.25) is 19.3 Å². The van der Waals surface area contributed by atoms with Crippen LogP contribution < -0.4 is 21.0 Å². The number of β-lactam (4-membered cyclic amide) rings is 1. The highest BCUT2D eigenvalue weighted by Gasteiger charge is 2.54. The number of hydrogen-bond acceptors (Lipinski definition) is 10. The van der Waals surface area contributed by atoms with Crippen molar-refractivity contribution in [3.63, 3.8) is 0 Å². The molecule has 1 saturated carbocycles. The minimum Gasteiger partial charge on any atom is -0.477 e. The van der Waals surface area contributed by atoms with Crippen LogP contribution in [0.5, 0.6) is 0 Å². The molecule has 17 heteroatoms. The van der Waals surface area contributed by atoms with E-state index in [1.807, 2.05) is 22.4 Å². The number of aromatic nitrogens is 1. The summed E-state index contributed by atoms with van der Waals surface area (Å²) >= 11 is 9.68. The number of aliphatic carboxylic acids is 1. The number of nitrogens with one attached hydrogen (secondary N) is 2. The quantitative estimate of drug-likeness (QED) is 0.177. The number of pyridine rings is 1. The first kappa shape index (κ1) is 33.6. The highest BCUT2D eigenvalue weighted by Crippen LogP contribution is 2.41.